The molecule has 34 heavy (non-hydrogen) atoms. The van der Waals surface area contributed by atoms with E-state index in [1.54, 1.807) is 24.3 Å². The molecular weight excluding hydrogens is 915 g/mol. The molecule has 0 aliphatic carbocycles. The number of rotatable bonds is 7. The predicted molar refractivity (Wildman–Crippen MR) is 162 cm³/mol. The van der Waals surface area contributed by atoms with Crippen molar-refractivity contribution in [2.75, 3.05) is 11.9 Å². The predicted octanol–water partition coefficient (Wildman–Crippen LogP) is 5.95. The van der Waals surface area contributed by atoms with Crippen molar-refractivity contribution in [3.63, 3.8) is 0 Å². The third-order valence-electron chi connectivity index (χ3n) is 4.90. The number of benzene rings is 2. The summed E-state index contributed by atoms with van der Waals surface area (Å²) in [5, 5.41) is 2.92. The van der Waals surface area contributed by atoms with E-state index in [4.69, 9.17) is 16.3 Å². The van der Waals surface area contributed by atoms with Crippen LogP contribution in [0.2, 0.25) is 5.02 Å². The number of carbonyl (C=O) groups is 4. The van der Waals surface area contributed by atoms with E-state index in [1.807, 2.05) is 13.8 Å². The van der Waals surface area contributed by atoms with E-state index in [9.17, 15) is 19.2 Å². The summed E-state index contributed by atoms with van der Waals surface area (Å²) in [6.07, 6.45) is 0.206. The van der Waals surface area contributed by atoms with Crippen LogP contribution < -0.4 is 5.32 Å². The molecule has 1 atom stereocenters. The Labute approximate surface area is 256 Å². The molecule has 1 aliphatic heterocycles. The Hall–Kier alpha value is -0.270. The maximum atomic E-state index is 13.4. The van der Waals surface area contributed by atoms with Crippen LogP contribution in [-0.4, -0.2) is 41.2 Å². The molecule has 2 aromatic carbocycles. The summed E-state index contributed by atoms with van der Waals surface area (Å²) in [5.41, 5.74) is 0.994. The minimum atomic E-state index is -1.15. The lowest BCUT2D eigenvalue weighted by Crippen LogP contribution is -2.47. The number of nitrogens with zero attached hydrogens (tertiary/aromatic N) is 1. The summed E-state index contributed by atoms with van der Waals surface area (Å²) < 4.78 is 8.36. The molecule has 1 N–H and O–H groups in total. The number of hydrogen-bond donors (Lipinski definition) is 1. The van der Waals surface area contributed by atoms with Crippen LogP contribution in [0, 0.1) is 20.2 Å². The topological polar surface area (TPSA) is 92.8 Å². The fraction of sp³-hybridized carbons (Fsp3) is 0.273. The minimum Gasteiger partial charge on any atom is -0.454 e. The van der Waals surface area contributed by atoms with Crippen molar-refractivity contribution in [3.8, 4) is 0 Å². The van der Waals surface area contributed by atoms with Crippen LogP contribution >= 0.6 is 102 Å². The summed E-state index contributed by atoms with van der Waals surface area (Å²) in [6, 6.07) is 5.52. The van der Waals surface area contributed by atoms with Crippen molar-refractivity contribution in [2.45, 2.75) is 26.3 Å². The smallest absolute Gasteiger partial charge is 0.329 e. The molecule has 0 spiro atoms. The van der Waals surface area contributed by atoms with Gasteiger partial charge < -0.3 is 10.1 Å². The number of anilines is 1. The lowest BCUT2D eigenvalue weighted by molar-refractivity contribution is -0.151. The summed E-state index contributed by atoms with van der Waals surface area (Å²) >= 11 is 14.5. The highest BCUT2D eigenvalue weighted by Crippen LogP contribution is 2.38. The van der Waals surface area contributed by atoms with Gasteiger partial charge >= 0.3 is 5.97 Å². The van der Waals surface area contributed by atoms with E-state index >= 15 is 0 Å². The number of carbonyl (C=O) groups excluding carboxylic acids is 4. The van der Waals surface area contributed by atoms with Gasteiger partial charge in [0.2, 0.25) is 0 Å². The Kier molecular flexibility index (Phi) is 9.87. The van der Waals surface area contributed by atoms with Gasteiger partial charge in [-0.2, -0.15) is 0 Å². The molecule has 7 nitrogen and oxygen atoms in total. The standard InChI is InChI=1S/C22H17ClI4N2O5/c1-9(2)7-12(22(33)34-8-13(30)28-11-6-4-3-5-10(11)23)29-20(31)14-15(21(29)32)17(25)19(27)18(26)16(14)24/h3-6,9,12H,7-8H2,1-2H3,(H,28,30). The van der Waals surface area contributed by atoms with Gasteiger partial charge in [0.05, 0.1) is 21.8 Å². The van der Waals surface area contributed by atoms with Gasteiger partial charge in [0, 0.05) is 14.3 Å². The number of amides is 3. The molecule has 3 rings (SSSR count). The summed E-state index contributed by atoms with van der Waals surface area (Å²) in [7, 11) is 0. The Morgan fingerprint density at radius 3 is 2.00 bits per heavy atom. The molecule has 0 saturated heterocycles. The van der Waals surface area contributed by atoms with Crippen molar-refractivity contribution in [1.82, 2.24) is 4.90 Å². The number of hydrogen-bond acceptors (Lipinski definition) is 5. The molecule has 0 saturated carbocycles. The average molecular weight is 932 g/mol. The molecule has 1 heterocycles. The second kappa shape index (κ2) is 11.9. The van der Waals surface area contributed by atoms with Crippen LogP contribution in [0.3, 0.4) is 0 Å². The van der Waals surface area contributed by atoms with Gasteiger partial charge in [-0.3, -0.25) is 19.3 Å². The maximum Gasteiger partial charge on any atom is 0.329 e. The second-order valence-corrected chi connectivity index (χ2v) is 12.5. The van der Waals surface area contributed by atoms with Crippen LogP contribution in [0.1, 0.15) is 41.0 Å². The highest BCUT2D eigenvalue weighted by atomic mass is 127. The number of nitrogens with one attached hydrogen (secondary N) is 1. The molecule has 0 fully saturated rings. The van der Waals surface area contributed by atoms with Crippen LogP contribution in [0.4, 0.5) is 5.69 Å². The molecule has 1 unspecified atom stereocenters. The first-order chi connectivity index (χ1) is 16.0. The first kappa shape index (κ1) is 28.3. The SMILES string of the molecule is CC(C)CC(C(=O)OCC(=O)Nc1ccccc1Cl)N1C(=O)c2c(I)c(I)c(I)c(I)c2C1=O. The molecule has 2 aromatic rings. The second-order valence-electron chi connectivity index (χ2n) is 7.77. The molecule has 0 radical (unpaired) electrons. The number of para-hydroxylation sites is 1. The van der Waals surface area contributed by atoms with E-state index in [0.717, 1.165) is 12.0 Å². The highest BCUT2D eigenvalue weighted by molar-refractivity contribution is 14.1. The summed E-state index contributed by atoms with van der Waals surface area (Å²) in [6.45, 7) is 3.18. The Bertz CT molecular complexity index is 1160. The van der Waals surface area contributed by atoms with Gasteiger partial charge in [-0.15, -0.1) is 0 Å². The fourth-order valence-corrected chi connectivity index (χ4v) is 7.22. The zero-order valence-corrected chi connectivity index (χ0v) is 27.1. The van der Waals surface area contributed by atoms with Crippen LogP contribution in [0.15, 0.2) is 24.3 Å². The number of fused-ring (bicyclic) bond motifs is 1. The number of imide groups is 1. The zero-order valence-electron chi connectivity index (χ0n) is 17.8. The van der Waals surface area contributed by atoms with Crippen LogP contribution in [0.25, 0.3) is 0 Å². The lowest BCUT2D eigenvalue weighted by Gasteiger charge is -2.26. The van der Waals surface area contributed by atoms with Gasteiger partial charge in [0.25, 0.3) is 17.7 Å². The molecule has 0 bridgehead atoms. The van der Waals surface area contributed by atoms with Crippen LogP contribution in [0.5, 0.6) is 0 Å². The van der Waals surface area contributed by atoms with E-state index < -0.39 is 36.3 Å². The third-order valence-corrected chi connectivity index (χ3v) is 12.6. The normalized spacial score (nSPS) is 13.8. The van der Waals surface area contributed by atoms with Crippen molar-refractivity contribution >= 4 is 131 Å². The zero-order chi connectivity index (χ0) is 25.3. The van der Waals surface area contributed by atoms with Crippen molar-refractivity contribution in [3.05, 3.63) is 54.7 Å². The Morgan fingerprint density at radius 2 is 1.50 bits per heavy atom. The molecule has 1 aliphatic rings. The molecule has 3 amide bonds. The van der Waals surface area contributed by atoms with Gasteiger partial charge in [-0.1, -0.05) is 37.6 Å². The van der Waals surface area contributed by atoms with Crippen molar-refractivity contribution in [2.24, 2.45) is 5.92 Å². The molecule has 0 aromatic heterocycles. The number of esters is 1. The summed E-state index contributed by atoms with van der Waals surface area (Å²) in [4.78, 5) is 53.1. The largest absolute Gasteiger partial charge is 0.454 e. The maximum absolute atomic E-state index is 13.4. The van der Waals surface area contributed by atoms with Gasteiger partial charge in [-0.25, -0.2) is 4.79 Å². The molecular formula is C22H17ClI4N2O5. The third kappa shape index (κ3) is 5.82. The van der Waals surface area contributed by atoms with E-state index in [1.165, 1.54) is 0 Å². The molecule has 180 valence electrons. The summed E-state index contributed by atoms with van der Waals surface area (Å²) in [5.74, 6) is -2.47. The first-order valence-corrected chi connectivity index (χ1v) is 14.6. The van der Waals surface area contributed by atoms with Gasteiger partial charge in [0.1, 0.15) is 6.04 Å². The van der Waals surface area contributed by atoms with E-state index in [2.05, 4.69) is 95.7 Å². The fourth-order valence-electron chi connectivity index (χ4n) is 3.38. The van der Waals surface area contributed by atoms with E-state index in [-0.39, 0.29) is 12.3 Å². The van der Waals surface area contributed by atoms with Gasteiger partial charge in [-0.05, 0) is 115 Å². The quantitative estimate of drug-likeness (QED) is 0.122. The van der Waals surface area contributed by atoms with E-state index in [0.29, 0.717) is 29.0 Å². The lowest BCUT2D eigenvalue weighted by atomic mass is 10.0. The van der Waals surface area contributed by atoms with Crippen molar-refractivity contribution < 1.29 is 23.9 Å². The van der Waals surface area contributed by atoms with Gasteiger partial charge in [0.15, 0.2) is 6.61 Å². The Balaban J connectivity index is 1.83. The number of ether oxygens (including phenoxy) is 1. The highest BCUT2D eigenvalue weighted by Gasteiger charge is 2.47. The minimum absolute atomic E-state index is 0.0165. The first-order valence-electron chi connectivity index (χ1n) is 9.90. The monoisotopic (exact) mass is 932 g/mol. The Morgan fingerprint density at radius 1 is 0.971 bits per heavy atom. The molecule has 12 heteroatoms. The number of halogens is 5. The van der Waals surface area contributed by atoms with Crippen LogP contribution in [-0.2, 0) is 14.3 Å². The van der Waals surface area contributed by atoms with Crippen molar-refractivity contribution in [1.29, 1.82) is 0 Å². The average Bonchev–Trinajstić information content (AvgIpc) is 3.04.